The third-order valence-electron chi connectivity index (χ3n) is 12.0. The number of nitrogens with zero attached hydrogens (tertiary/aromatic N) is 8. The van der Waals surface area contributed by atoms with Crippen molar-refractivity contribution in [2.24, 2.45) is 20.8 Å². The highest BCUT2D eigenvalue weighted by atomic mass is 35.5. The standard InChI is InChI=1S/C48H54Cl2N10O3S2/c1-25-27(3)64-45-39(25)41(31-11-15-33(49)16-12-31)53-35(43-57-55-29(5)59(43)45)19-37(61)51-21-47(7,8)23-63-24-48(9,10)22-52-38(62)20-36-44-58-56-30(6)60(44)46-40(26(2)28(4)65-46)42(54-36)32-13-17-34(50)18-14-32/h11-18,35-36H,19-24H2,1-10H3,(H,51,61)(H,52,62)/t35-,36-/m0/s1. The van der Waals surface area contributed by atoms with Crippen LogP contribution in [-0.4, -0.2) is 79.1 Å². The molecular formula is C48H54Cl2N10O3S2. The molecule has 0 unspecified atom stereocenters. The lowest BCUT2D eigenvalue weighted by Gasteiger charge is -2.29. The molecule has 6 aromatic rings. The smallest absolute Gasteiger partial charge is 0.222 e. The van der Waals surface area contributed by atoms with E-state index in [1.54, 1.807) is 22.7 Å². The summed E-state index contributed by atoms with van der Waals surface area (Å²) in [6.07, 6.45) is 0.180. The van der Waals surface area contributed by atoms with Gasteiger partial charge in [-0.2, -0.15) is 0 Å². The molecule has 65 heavy (non-hydrogen) atoms. The first-order valence-electron chi connectivity index (χ1n) is 21.6. The minimum Gasteiger partial charge on any atom is -0.380 e. The second-order valence-electron chi connectivity index (χ2n) is 18.6. The molecule has 2 aliphatic heterocycles. The quantitative estimate of drug-likeness (QED) is 0.110. The van der Waals surface area contributed by atoms with E-state index in [2.05, 4.69) is 86.4 Å². The molecule has 0 saturated heterocycles. The molecule has 340 valence electrons. The van der Waals surface area contributed by atoms with Crippen LogP contribution in [0.1, 0.15) is 119 Å². The van der Waals surface area contributed by atoms with Gasteiger partial charge >= 0.3 is 0 Å². The Morgan fingerprint density at radius 1 is 0.615 bits per heavy atom. The largest absolute Gasteiger partial charge is 0.380 e. The Kier molecular flexibility index (Phi) is 13.1. The number of aliphatic imine (C=N–C) groups is 2. The summed E-state index contributed by atoms with van der Waals surface area (Å²) in [6, 6.07) is 14.2. The topological polar surface area (TPSA) is 154 Å². The van der Waals surface area contributed by atoms with Crippen LogP contribution in [0.2, 0.25) is 10.0 Å². The summed E-state index contributed by atoms with van der Waals surface area (Å²) in [6.45, 7) is 22.0. The molecule has 17 heteroatoms. The molecule has 0 fully saturated rings. The van der Waals surface area contributed by atoms with E-state index in [1.807, 2.05) is 71.5 Å². The van der Waals surface area contributed by atoms with Crippen LogP contribution < -0.4 is 10.6 Å². The summed E-state index contributed by atoms with van der Waals surface area (Å²) in [7, 11) is 0. The molecule has 13 nitrogen and oxygen atoms in total. The monoisotopic (exact) mass is 952 g/mol. The van der Waals surface area contributed by atoms with Gasteiger partial charge in [0.1, 0.15) is 33.7 Å². The minimum atomic E-state index is -0.568. The van der Waals surface area contributed by atoms with Crippen LogP contribution in [0.4, 0.5) is 0 Å². The highest BCUT2D eigenvalue weighted by Gasteiger charge is 2.35. The fourth-order valence-electron chi connectivity index (χ4n) is 8.14. The zero-order valence-corrected chi connectivity index (χ0v) is 41.5. The first-order valence-corrected chi connectivity index (χ1v) is 24.0. The lowest BCUT2D eigenvalue weighted by Crippen LogP contribution is -2.40. The molecule has 2 aromatic carbocycles. The van der Waals surface area contributed by atoms with E-state index in [-0.39, 0.29) is 24.7 Å². The Morgan fingerprint density at radius 2 is 0.985 bits per heavy atom. The van der Waals surface area contributed by atoms with E-state index in [1.165, 1.54) is 9.75 Å². The molecule has 0 bridgehead atoms. The second-order valence-corrected chi connectivity index (χ2v) is 21.9. The molecule has 0 aliphatic carbocycles. The number of amides is 2. The van der Waals surface area contributed by atoms with Crippen molar-refractivity contribution < 1.29 is 14.3 Å². The maximum absolute atomic E-state index is 13.7. The zero-order valence-electron chi connectivity index (χ0n) is 38.4. The number of rotatable bonds is 14. The average Bonchev–Trinajstić information content (AvgIpc) is 3.95. The van der Waals surface area contributed by atoms with Crippen molar-refractivity contribution in [3.63, 3.8) is 0 Å². The molecule has 6 heterocycles. The van der Waals surface area contributed by atoms with Crippen LogP contribution in [0.25, 0.3) is 10.0 Å². The Labute approximate surface area is 397 Å². The molecule has 8 rings (SSSR count). The van der Waals surface area contributed by atoms with Crippen molar-refractivity contribution in [3.05, 3.63) is 125 Å². The predicted octanol–water partition coefficient (Wildman–Crippen LogP) is 9.69. The number of halogens is 2. The highest BCUT2D eigenvalue weighted by molar-refractivity contribution is 7.15. The first-order chi connectivity index (χ1) is 30.8. The zero-order chi connectivity index (χ0) is 46.5. The van der Waals surface area contributed by atoms with Gasteiger partial charge in [-0.05, 0) is 76.9 Å². The van der Waals surface area contributed by atoms with Gasteiger partial charge in [0, 0.05) is 66.0 Å². The van der Waals surface area contributed by atoms with Crippen molar-refractivity contribution in [3.8, 4) is 10.0 Å². The number of nitrogens with one attached hydrogen (secondary N) is 2. The number of hydrogen-bond acceptors (Lipinski definition) is 11. The molecule has 0 spiro atoms. The molecule has 4 aromatic heterocycles. The van der Waals surface area contributed by atoms with E-state index < -0.39 is 22.9 Å². The number of carbonyl (C=O) groups excluding carboxylic acids is 2. The van der Waals surface area contributed by atoms with E-state index in [0.29, 0.717) is 48.0 Å². The van der Waals surface area contributed by atoms with E-state index in [9.17, 15) is 9.59 Å². The minimum absolute atomic E-state index is 0.0899. The lowest BCUT2D eigenvalue weighted by atomic mass is 9.92. The summed E-state index contributed by atoms with van der Waals surface area (Å²) >= 11 is 15.9. The van der Waals surface area contributed by atoms with Crippen LogP contribution in [0, 0.1) is 52.4 Å². The SMILES string of the molecule is Cc1sc2c(c1C)C(c1ccc(Cl)cc1)=N[C@@H](CC(=O)NCC(C)(C)COCC(C)(C)CNC(=O)C[C@@H]1N=C(c3ccc(Cl)cc3)c3c(sc(C)c3C)-n3c(C)nnc31)c1nnc(C)n1-2. The summed E-state index contributed by atoms with van der Waals surface area (Å²) in [4.78, 5) is 40.3. The Balaban J connectivity index is 0.884. The first kappa shape index (κ1) is 46.5. The highest BCUT2D eigenvalue weighted by Crippen LogP contribution is 2.41. The molecule has 2 atom stereocenters. The molecule has 0 radical (unpaired) electrons. The molecule has 2 amide bonds. The van der Waals surface area contributed by atoms with Gasteiger partial charge in [0.15, 0.2) is 11.6 Å². The van der Waals surface area contributed by atoms with Crippen LogP contribution >= 0.6 is 45.9 Å². The number of benzene rings is 2. The van der Waals surface area contributed by atoms with Crippen molar-refractivity contribution in [2.75, 3.05) is 26.3 Å². The van der Waals surface area contributed by atoms with E-state index in [4.69, 9.17) is 37.9 Å². The van der Waals surface area contributed by atoms with E-state index in [0.717, 1.165) is 66.5 Å². The number of hydrogen-bond donors (Lipinski definition) is 2. The number of thiophene rings is 2. The molecule has 0 saturated carbocycles. The van der Waals surface area contributed by atoms with Crippen LogP contribution in [0.5, 0.6) is 0 Å². The molecular weight excluding hydrogens is 900 g/mol. The number of aryl methyl sites for hydroxylation is 4. The maximum atomic E-state index is 13.7. The third kappa shape index (κ3) is 9.62. The van der Waals surface area contributed by atoms with Crippen molar-refractivity contribution in [2.45, 2.75) is 94.2 Å². The Morgan fingerprint density at radius 3 is 1.35 bits per heavy atom. The Hall–Kier alpha value is -5.06. The van der Waals surface area contributed by atoms with Gasteiger partial charge in [0.05, 0.1) is 37.5 Å². The lowest BCUT2D eigenvalue weighted by molar-refractivity contribution is -0.122. The van der Waals surface area contributed by atoms with Gasteiger partial charge in [-0.25, -0.2) is 0 Å². The summed E-state index contributed by atoms with van der Waals surface area (Å²) in [5.41, 5.74) is 6.95. The fraction of sp³-hybridized carbons (Fsp3) is 0.417. The molecule has 2 aliphatic rings. The second kappa shape index (κ2) is 18.3. The fourth-order valence-corrected chi connectivity index (χ4v) is 10.8. The predicted molar refractivity (Wildman–Crippen MR) is 260 cm³/mol. The number of fused-ring (bicyclic) bond motifs is 6. The van der Waals surface area contributed by atoms with Gasteiger partial charge in [-0.3, -0.25) is 28.7 Å². The van der Waals surface area contributed by atoms with Crippen LogP contribution in [0.15, 0.2) is 58.5 Å². The summed E-state index contributed by atoms with van der Waals surface area (Å²) < 4.78 is 10.4. The maximum Gasteiger partial charge on any atom is 0.222 e. The van der Waals surface area contributed by atoms with Crippen LogP contribution in [-0.2, 0) is 14.3 Å². The molecule has 2 N–H and O–H groups in total. The van der Waals surface area contributed by atoms with Crippen LogP contribution in [0.3, 0.4) is 0 Å². The van der Waals surface area contributed by atoms with Gasteiger partial charge in [-0.15, -0.1) is 43.1 Å². The van der Waals surface area contributed by atoms with Crippen molar-refractivity contribution >= 4 is 69.1 Å². The Bertz CT molecular complexity index is 2660. The normalized spacial score (nSPS) is 15.8. The van der Waals surface area contributed by atoms with Crippen molar-refractivity contribution in [1.29, 1.82) is 0 Å². The van der Waals surface area contributed by atoms with E-state index >= 15 is 0 Å². The van der Waals surface area contributed by atoms with Gasteiger partial charge in [0.25, 0.3) is 0 Å². The summed E-state index contributed by atoms with van der Waals surface area (Å²) in [5.74, 6) is 2.44. The van der Waals surface area contributed by atoms with Gasteiger partial charge < -0.3 is 15.4 Å². The van der Waals surface area contributed by atoms with Gasteiger partial charge in [-0.1, -0.05) is 75.2 Å². The number of aromatic nitrogens is 6. The summed E-state index contributed by atoms with van der Waals surface area (Å²) in [5, 5.41) is 27.5. The number of carbonyl (C=O) groups is 2. The van der Waals surface area contributed by atoms with Gasteiger partial charge in [0.2, 0.25) is 11.8 Å². The number of ether oxygens (including phenoxy) is 1. The average molecular weight is 954 g/mol. The van der Waals surface area contributed by atoms with Crippen molar-refractivity contribution in [1.82, 2.24) is 40.2 Å². The third-order valence-corrected chi connectivity index (χ3v) is 14.9.